The van der Waals surface area contributed by atoms with Crippen molar-refractivity contribution >= 4 is 21.7 Å². The number of aromatic nitrogens is 3. The zero-order chi connectivity index (χ0) is 22.2. The lowest BCUT2D eigenvalue weighted by Gasteiger charge is -2.29. The van der Waals surface area contributed by atoms with Crippen molar-refractivity contribution in [2.75, 3.05) is 0 Å². The second kappa shape index (κ2) is 8.45. The van der Waals surface area contributed by atoms with Gasteiger partial charge in [-0.25, -0.2) is 4.98 Å². The fourth-order valence-corrected chi connectivity index (χ4v) is 4.87. The molecule has 1 saturated carbocycles. The fraction of sp³-hybridized carbons (Fsp3) is 0.346. The van der Waals surface area contributed by atoms with Crippen molar-refractivity contribution in [2.24, 2.45) is 0 Å². The molecule has 2 aromatic heterocycles. The van der Waals surface area contributed by atoms with E-state index < -0.39 is 12.2 Å². The first kappa shape index (κ1) is 20.8. The number of hydrogen-bond acceptors (Lipinski definition) is 5. The molecule has 4 aromatic rings. The number of aliphatic hydroxyl groups excluding tert-OH is 2. The summed E-state index contributed by atoms with van der Waals surface area (Å²) in [7, 11) is 0. The zero-order valence-electron chi connectivity index (χ0n) is 18.1. The van der Waals surface area contributed by atoms with Gasteiger partial charge in [0.2, 0.25) is 0 Å². The van der Waals surface area contributed by atoms with Crippen LogP contribution in [0, 0.1) is 0 Å². The van der Waals surface area contributed by atoms with E-state index in [1.807, 2.05) is 42.6 Å². The largest absolute Gasteiger partial charge is 0.391 e. The Balaban J connectivity index is 1.64. The normalized spacial score (nSPS) is 20.0. The Morgan fingerprint density at radius 2 is 1.88 bits per heavy atom. The van der Waals surface area contributed by atoms with Crippen LogP contribution in [0.4, 0.5) is 0 Å². The summed E-state index contributed by atoms with van der Waals surface area (Å²) < 4.78 is 1.63. The molecule has 3 atom stereocenters. The van der Waals surface area contributed by atoms with Crippen LogP contribution in [0.5, 0.6) is 0 Å². The molecule has 32 heavy (non-hydrogen) atoms. The minimum absolute atomic E-state index is 0.106. The second-order valence-corrected chi connectivity index (χ2v) is 8.82. The van der Waals surface area contributed by atoms with Crippen LogP contribution in [0.25, 0.3) is 21.7 Å². The van der Waals surface area contributed by atoms with E-state index in [1.54, 1.807) is 24.0 Å². The van der Waals surface area contributed by atoms with Gasteiger partial charge in [-0.15, -0.1) is 0 Å². The van der Waals surface area contributed by atoms with Gasteiger partial charge in [0, 0.05) is 23.2 Å². The first-order chi connectivity index (χ1) is 15.5. The summed E-state index contributed by atoms with van der Waals surface area (Å²) in [5.74, 6) is 0. The van der Waals surface area contributed by atoms with Gasteiger partial charge in [0.25, 0.3) is 5.56 Å². The quantitative estimate of drug-likeness (QED) is 0.478. The molecule has 0 radical (unpaired) electrons. The molecule has 5 rings (SSSR count). The minimum atomic E-state index is -0.516. The Morgan fingerprint density at radius 1 is 1.09 bits per heavy atom. The number of hydrogen-bond donors (Lipinski definition) is 2. The SMILES string of the molecule is C[C@H](O)c1ccc(Cc2cc3c(=O)n(C4CCCC[C@@H]4O)cnc3c3ccncc23)cc1. The van der Waals surface area contributed by atoms with Crippen molar-refractivity contribution in [1.82, 2.24) is 14.5 Å². The molecule has 2 aromatic carbocycles. The lowest BCUT2D eigenvalue weighted by molar-refractivity contribution is 0.0735. The predicted octanol–water partition coefficient (Wildman–Crippen LogP) is 4.06. The number of pyridine rings is 1. The van der Waals surface area contributed by atoms with Gasteiger partial charge in [-0.3, -0.25) is 14.3 Å². The van der Waals surface area contributed by atoms with Crippen molar-refractivity contribution < 1.29 is 10.2 Å². The van der Waals surface area contributed by atoms with Gasteiger partial charge in [-0.05, 0) is 55.0 Å². The summed E-state index contributed by atoms with van der Waals surface area (Å²) in [6, 6.07) is 11.5. The van der Waals surface area contributed by atoms with Crippen LogP contribution < -0.4 is 5.56 Å². The molecule has 1 aliphatic carbocycles. The number of aliphatic hydroxyl groups is 2. The molecule has 0 amide bonds. The maximum Gasteiger partial charge on any atom is 0.261 e. The van der Waals surface area contributed by atoms with E-state index >= 15 is 0 Å². The summed E-state index contributed by atoms with van der Waals surface area (Å²) in [6.07, 6.45) is 8.25. The van der Waals surface area contributed by atoms with Crippen LogP contribution in [0.2, 0.25) is 0 Å². The highest BCUT2D eigenvalue weighted by molar-refractivity contribution is 6.06. The summed E-state index contributed by atoms with van der Waals surface area (Å²) >= 11 is 0. The molecular weight excluding hydrogens is 402 g/mol. The molecule has 0 bridgehead atoms. The monoisotopic (exact) mass is 429 g/mol. The van der Waals surface area contributed by atoms with Crippen LogP contribution in [-0.2, 0) is 6.42 Å². The summed E-state index contributed by atoms with van der Waals surface area (Å²) in [6.45, 7) is 1.75. The van der Waals surface area contributed by atoms with Crippen molar-refractivity contribution in [2.45, 2.75) is 57.3 Å². The molecule has 2 N–H and O–H groups in total. The van der Waals surface area contributed by atoms with Crippen LogP contribution in [0.3, 0.4) is 0 Å². The second-order valence-electron chi connectivity index (χ2n) is 8.82. The molecule has 0 saturated heterocycles. The van der Waals surface area contributed by atoms with Gasteiger partial charge in [-0.1, -0.05) is 37.1 Å². The van der Waals surface area contributed by atoms with E-state index in [2.05, 4.69) is 9.97 Å². The maximum absolute atomic E-state index is 13.5. The van der Waals surface area contributed by atoms with Crippen molar-refractivity contribution in [3.63, 3.8) is 0 Å². The third kappa shape index (κ3) is 3.70. The molecular formula is C26H27N3O3. The van der Waals surface area contributed by atoms with E-state index in [1.165, 1.54) is 0 Å². The average Bonchev–Trinajstić information content (AvgIpc) is 2.81. The highest BCUT2D eigenvalue weighted by Crippen LogP contribution is 2.30. The van der Waals surface area contributed by atoms with Crippen LogP contribution >= 0.6 is 0 Å². The lowest BCUT2D eigenvalue weighted by atomic mass is 9.92. The van der Waals surface area contributed by atoms with E-state index in [9.17, 15) is 15.0 Å². The molecule has 0 spiro atoms. The smallest absolute Gasteiger partial charge is 0.261 e. The molecule has 2 heterocycles. The summed E-state index contributed by atoms with van der Waals surface area (Å²) in [4.78, 5) is 22.5. The van der Waals surface area contributed by atoms with Gasteiger partial charge in [0.1, 0.15) is 0 Å². The van der Waals surface area contributed by atoms with Crippen LogP contribution in [0.1, 0.15) is 61.4 Å². The van der Waals surface area contributed by atoms with Crippen molar-refractivity contribution in [3.05, 3.63) is 82.2 Å². The molecule has 1 aliphatic rings. The maximum atomic E-state index is 13.5. The first-order valence-corrected chi connectivity index (χ1v) is 11.2. The van der Waals surface area contributed by atoms with E-state index in [0.29, 0.717) is 23.7 Å². The van der Waals surface area contributed by atoms with Gasteiger partial charge in [0.05, 0.1) is 35.5 Å². The highest BCUT2D eigenvalue weighted by atomic mass is 16.3. The molecule has 1 fully saturated rings. The summed E-state index contributed by atoms with van der Waals surface area (Å²) in [5.41, 5.74) is 3.53. The molecule has 164 valence electrons. The van der Waals surface area contributed by atoms with E-state index in [4.69, 9.17) is 0 Å². The van der Waals surface area contributed by atoms with Crippen LogP contribution in [-0.4, -0.2) is 30.9 Å². The van der Waals surface area contributed by atoms with Gasteiger partial charge >= 0.3 is 0 Å². The van der Waals surface area contributed by atoms with Gasteiger partial charge in [0.15, 0.2) is 0 Å². The number of fused-ring (bicyclic) bond motifs is 3. The van der Waals surface area contributed by atoms with Crippen molar-refractivity contribution in [1.29, 1.82) is 0 Å². The third-order valence-corrected chi connectivity index (χ3v) is 6.68. The number of rotatable bonds is 4. The Morgan fingerprint density at radius 3 is 2.62 bits per heavy atom. The topological polar surface area (TPSA) is 88.2 Å². The first-order valence-electron chi connectivity index (χ1n) is 11.2. The Bertz CT molecular complexity index is 1330. The van der Waals surface area contributed by atoms with E-state index in [0.717, 1.165) is 46.7 Å². The molecule has 6 nitrogen and oxygen atoms in total. The van der Waals surface area contributed by atoms with Crippen LogP contribution in [0.15, 0.2) is 59.9 Å². The van der Waals surface area contributed by atoms with Gasteiger partial charge in [-0.2, -0.15) is 0 Å². The summed E-state index contributed by atoms with van der Waals surface area (Å²) in [5, 5.41) is 22.7. The van der Waals surface area contributed by atoms with E-state index in [-0.39, 0.29) is 11.6 Å². The van der Waals surface area contributed by atoms with Crippen molar-refractivity contribution in [3.8, 4) is 0 Å². The molecule has 0 aliphatic heterocycles. The van der Waals surface area contributed by atoms with Gasteiger partial charge < -0.3 is 10.2 Å². The number of nitrogens with zero attached hydrogens (tertiary/aromatic N) is 3. The Labute approximate surface area is 186 Å². The lowest BCUT2D eigenvalue weighted by Crippen LogP contribution is -2.34. The Kier molecular flexibility index (Phi) is 5.49. The highest BCUT2D eigenvalue weighted by Gasteiger charge is 2.26. The zero-order valence-corrected chi connectivity index (χ0v) is 18.1. The molecule has 1 unspecified atom stereocenters. The fourth-order valence-electron chi connectivity index (χ4n) is 4.87. The number of benzene rings is 2. The average molecular weight is 430 g/mol. The predicted molar refractivity (Wildman–Crippen MR) is 125 cm³/mol. The standard InChI is InChI=1S/C26H27N3O3/c1-16(30)18-8-6-17(7-9-18)12-19-13-21-25(20-10-11-27-14-22(19)20)28-15-29(26(21)32)23-4-2-3-5-24(23)31/h6-11,13-16,23-24,30-31H,2-5,12H2,1H3/t16-,23?,24-/m0/s1. The third-order valence-electron chi connectivity index (χ3n) is 6.68. The molecule has 6 heteroatoms. The minimum Gasteiger partial charge on any atom is -0.391 e. The Hall–Kier alpha value is -3.09.